The number of rotatable bonds is 4. The minimum atomic E-state index is -0.156. The number of hydrogen-bond acceptors (Lipinski definition) is 3. The number of carbonyl (C=O) groups is 1. The number of anilines is 1. The molecule has 1 amide bonds. The zero-order valence-electron chi connectivity index (χ0n) is 13.9. The number of H-pyrrole nitrogens is 1. The largest absolute Gasteiger partial charge is 0.321 e. The van der Waals surface area contributed by atoms with Gasteiger partial charge in [-0.1, -0.05) is 36.4 Å². The number of aromatic nitrogens is 3. The van der Waals surface area contributed by atoms with Crippen LogP contribution in [0.25, 0.3) is 23.1 Å². The third kappa shape index (κ3) is 3.23. The molecule has 4 aromatic rings. The fourth-order valence-electron chi connectivity index (χ4n) is 2.72. The van der Waals surface area contributed by atoms with Crippen molar-refractivity contribution in [2.45, 2.75) is 0 Å². The first kappa shape index (κ1) is 15.8. The predicted molar refractivity (Wildman–Crippen MR) is 104 cm³/mol. The van der Waals surface area contributed by atoms with Gasteiger partial charge in [-0.05, 0) is 36.4 Å². The van der Waals surface area contributed by atoms with Gasteiger partial charge in [-0.15, -0.1) is 0 Å². The molecule has 5 nitrogen and oxygen atoms in total. The molecule has 0 radical (unpaired) electrons. The maximum Gasteiger partial charge on any atom is 0.255 e. The highest BCUT2D eigenvalue weighted by atomic mass is 16.1. The van der Waals surface area contributed by atoms with Gasteiger partial charge in [0, 0.05) is 28.9 Å². The summed E-state index contributed by atoms with van der Waals surface area (Å²) in [6.45, 7) is 0. The van der Waals surface area contributed by atoms with E-state index in [1.165, 1.54) is 0 Å². The lowest BCUT2D eigenvalue weighted by atomic mass is 10.1. The normalized spacial score (nSPS) is 11.1. The summed E-state index contributed by atoms with van der Waals surface area (Å²) in [6.07, 6.45) is 7.18. The van der Waals surface area contributed by atoms with Crippen LogP contribution >= 0.6 is 0 Å². The minimum absolute atomic E-state index is 0.156. The molecule has 0 atom stereocenters. The lowest BCUT2D eigenvalue weighted by Crippen LogP contribution is -2.12. The van der Waals surface area contributed by atoms with Crippen molar-refractivity contribution in [3.05, 3.63) is 89.9 Å². The van der Waals surface area contributed by atoms with E-state index in [9.17, 15) is 4.79 Å². The van der Waals surface area contributed by atoms with Crippen molar-refractivity contribution in [1.82, 2.24) is 15.2 Å². The van der Waals surface area contributed by atoms with Gasteiger partial charge >= 0.3 is 0 Å². The quantitative estimate of drug-likeness (QED) is 0.579. The van der Waals surface area contributed by atoms with E-state index in [2.05, 4.69) is 20.5 Å². The summed E-state index contributed by atoms with van der Waals surface area (Å²) in [5.74, 6) is -0.156. The average molecular weight is 340 g/mol. The third-order valence-electron chi connectivity index (χ3n) is 4.06. The van der Waals surface area contributed by atoms with E-state index >= 15 is 0 Å². The van der Waals surface area contributed by atoms with Crippen molar-refractivity contribution in [2.24, 2.45) is 0 Å². The Kier molecular flexibility index (Phi) is 4.26. The molecule has 2 heterocycles. The molecule has 0 fully saturated rings. The molecule has 0 aliphatic rings. The van der Waals surface area contributed by atoms with Crippen LogP contribution in [-0.4, -0.2) is 21.1 Å². The zero-order valence-corrected chi connectivity index (χ0v) is 13.9. The molecule has 0 saturated carbocycles. The van der Waals surface area contributed by atoms with Crippen LogP contribution in [0.3, 0.4) is 0 Å². The van der Waals surface area contributed by atoms with E-state index < -0.39 is 0 Å². The average Bonchev–Trinajstić information content (AvgIpc) is 3.11. The van der Waals surface area contributed by atoms with Crippen LogP contribution in [0.4, 0.5) is 5.69 Å². The molecule has 0 bridgehead atoms. The lowest BCUT2D eigenvalue weighted by Gasteiger charge is -2.08. The Morgan fingerprint density at radius 2 is 1.77 bits per heavy atom. The number of fused-ring (bicyclic) bond motifs is 1. The monoisotopic (exact) mass is 340 g/mol. The zero-order chi connectivity index (χ0) is 17.8. The fraction of sp³-hybridized carbons (Fsp3) is 0. The maximum absolute atomic E-state index is 12.4. The summed E-state index contributed by atoms with van der Waals surface area (Å²) < 4.78 is 0. The third-order valence-corrected chi connectivity index (χ3v) is 4.06. The van der Waals surface area contributed by atoms with E-state index in [-0.39, 0.29) is 5.91 Å². The van der Waals surface area contributed by atoms with Crippen LogP contribution in [0.1, 0.15) is 21.6 Å². The molecule has 0 unspecified atom stereocenters. The van der Waals surface area contributed by atoms with Crippen molar-refractivity contribution >= 4 is 34.6 Å². The van der Waals surface area contributed by atoms with Crippen LogP contribution < -0.4 is 5.32 Å². The summed E-state index contributed by atoms with van der Waals surface area (Å²) in [6, 6.07) is 18.8. The van der Waals surface area contributed by atoms with Crippen LogP contribution in [-0.2, 0) is 0 Å². The van der Waals surface area contributed by atoms with Gasteiger partial charge < -0.3 is 5.32 Å². The Balaban J connectivity index is 1.61. The molecule has 2 N–H and O–H groups in total. The second-order valence-electron chi connectivity index (χ2n) is 5.77. The standard InChI is InChI=1S/C21H16N4O/c26-21(15-6-2-1-3-7-15)23-18-12-13-22-14-16(18)10-11-20-17-8-4-5-9-19(17)24-25-20/h1-14H,(H,24,25)(H,22,23,26)/b11-10+. The fourth-order valence-corrected chi connectivity index (χ4v) is 2.72. The van der Waals surface area contributed by atoms with Crippen molar-refractivity contribution in [2.75, 3.05) is 5.32 Å². The first-order valence-corrected chi connectivity index (χ1v) is 8.23. The number of benzene rings is 2. The molecule has 0 saturated heterocycles. The van der Waals surface area contributed by atoms with Crippen LogP contribution in [0.2, 0.25) is 0 Å². The molecule has 2 aromatic heterocycles. The van der Waals surface area contributed by atoms with Gasteiger partial charge in [-0.25, -0.2) is 0 Å². The smallest absolute Gasteiger partial charge is 0.255 e. The highest BCUT2D eigenvalue weighted by Gasteiger charge is 2.08. The van der Waals surface area contributed by atoms with Crippen molar-refractivity contribution in [3.8, 4) is 0 Å². The van der Waals surface area contributed by atoms with E-state index in [1.807, 2.05) is 54.6 Å². The Hall–Kier alpha value is -3.73. The molecular weight excluding hydrogens is 324 g/mol. The Bertz CT molecular complexity index is 1080. The van der Waals surface area contributed by atoms with E-state index in [0.717, 1.165) is 22.2 Å². The second kappa shape index (κ2) is 7.03. The molecule has 4 rings (SSSR count). The van der Waals surface area contributed by atoms with Gasteiger partial charge in [0.2, 0.25) is 0 Å². The van der Waals surface area contributed by atoms with Gasteiger partial charge in [-0.2, -0.15) is 5.10 Å². The molecule has 2 aromatic carbocycles. The first-order valence-electron chi connectivity index (χ1n) is 8.23. The minimum Gasteiger partial charge on any atom is -0.321 e. The molecule has 0 aliphatic heterocycles. The van der Waals surface area contributed by atoms with Gasteiger partial charge in [0.1, 0.15) is 0 Å². The van der Waals surface area contributed by atoms with Crippen molar-refractivity contribution in [3.63, 3.8) is 0 Å². The number of pyridine rings is 1. The first-order chi connectivity index (χ1) is 12.8. The van der Waals surface area contributed by atoms with Gasteiger partial charge in [0.15, 0.2) is 0 Å². The van der Waals surface area contributed by atoms with Crippen LogP contribution in [0.15, 0.2) is 73.1 Å². The summed E-state index contributed by atoms with van der Waals surface area (Å²) in [5.41, 5.74) is 3.94. The van der Waals surface area contributed by atoms with Gasteiger partial charge in [-0.3, -0.25) is 14.9 Å². The lowest BCUT2D eigenvalue weighted by molar-refractivity contribution is 0.102. The maximum atomic E-state index is 12.4. The SMILES string of the molecule is O=C(Nc1ccncc1/C=C/c1n[nH]c2ccccc12)c1ccccc1. The van der Waals surface area contributed by atoms with E-state index in [0.29, 0.717) is 11.3 Å². The summed E-state index contributed by atoms with van der Waals surface area (Å²) >= 11 is 0. The molecule has 126 valence electrons. The Labute approximate surface area is 150 Å². The van der Waals surface area contributed by atoms with E-state index in [1.54, 1.807) is 30.6 Å². The number of aromatic amines is 1. The number of para-hydroxylation sites is 1. The van der Waals surface area contributed by atoms with Gasteiger partial charge in [0.25, 0.3) is 5.91 Å². The van der Waals surface area contributed by atoms with Crippen molar-refractivity contribution in [1.29, 1.82) is 0 Å². The molecular formula is C21H16N4O. The van der Waals surface area contributed by atoms with Gasteiger partial charge in [0.05, 0.1) is 16.9 Å². The number of nitrogens with zero attached hydrogens (tertiary/aromatic N) is 2. The topological polar surface area (TPSA) is 70.7 Å². The molecule has 0 spiro atoms. The van der Waals surface area contributed by atoms with E-state index in [4.69, 9.17) is 0 Å². The molecule has 5 heteroatoms. The van der Waals surface area contributed by atoms with Crippen molar-refractivity contribution < 1.29 is 4.79 Å². The number of carbonyl (C=O) groups excluding carboxylic acids is 1. The molecule has 26 heavy (non-hydrogen) atoms. The summed E-state index contributed by atoms with van der Waals surface area (Å²) in [4.78, 5) is 16.6. The summed E-state index contributed by atoms with van der Waals surface area (Å²) in [7, 11) is 0. The van der Waals surface area contributed by atoms with Crippen LogP contribution in [0, 0.1) is 0 Å². The number of hydrogen-bond donors (Lipinski definition) is 2. The number of nitrogens with one attached hydrogen (secondary N) is 2. The Morgan fingerprint density at radius 1 is 0.962 bits per heavy atom. The highest BCUT2D eigenvalue weighted by molar-refractivity contribution is 6.05. The predicted octanol–water partition coefficient (Wildman–Crippen LogP) is 4.38. The van der Waals surface area contributed by atoms with Crippen LogP contribution in [0.5, 0.6) is 0 Å². The summed E-state index contributed by atoms with van der Waals surface area (Å²) in [5, 5.41) is 11.3. The second-order valence-corrected chi connectivity index (χ2v) is 5.77. The Morgan fingerprint density at radius 3 is 2.65 bits per heavy atom. The highest BCUT2D eigenvalue weighted by Crippen LogP contribution is 2.21. The number of amides is 1. The molecule has 0 aliphatic carbocycles.